The second-order valence-electron chi connectivity index (χ2n) is 4.08. The van der Waals surface area contributed by atoms with Crippen LogP contribution in [0.25, 0.3) is 0 Å². The molecule has 0 aliphatic rings. The standard InChI is InChI=1S/C14H23NO2S/c1-16-14-6-4-13(5-7-14)12-17-10-3-2-8-15-9-11-18/h4-7,15,18H,2-3,8-12H2,1H3. The molecule has 0 heterocycles. The summed E-state index contributed by atoms with van der Waals surface area (Å²) in [5.74, 6) is 1.78. The molecule has 0 amide bonds. The van der Waals surface area contributed by atoms with Gasteiger partial charge in [0.15, 0.2) is 0 Å². The molecule has 0 aliphatic carbocycles. The topological polar surface area (TPSA) is 30.5 Å². The van der Waals surface area contributed by atoms with Crippen molar-refractivity contribution >= 4 is 12.6 Å². The van der Waals surface area contributed by atoms with Gasteiger partial charge in [-0.05, 0) is 37.1 Å². The van der Waals surface area contributed by atoms with Crippen molar-refractivity contribution in [2.75, 3.05) is 32.6 Å². The molecule has 1 rings (SSSR count). The number of rotatable bonds is 10. The van der Waals surface area contributed by atoms with Crippen molar-refractivity contribution in [1.82, 2.24) is 5.32 Å². The first kappa shape index (κ1) is 15.3. The fraction of sp³-hybridized carbons (Fsp3) is 0.571. The SMILES string of the molecule is COc1ccc(COCCCCNCCS)cc1. The minimum atomic E-state index is 0.675. The Morgan fingerprint density at radius 2 is 1.89 bits per heavy atom. The average molecular weight is 269 g/mol. The summed E-state index contributed by atoms with van der Waals surface area (Å²) in [7, 11) is 1.67. The summed E-state index contributed by atoms with van der Waals surface area (Å²) in [6, 6.07) is 7.99. The van der Waals surface area contributed by atoms with Crippen LogP contribution in [0.4, 0.5) is 0 Å². The van der Waals surface area contributed by atoms with E-state index in [0.717, 1.165) is 44.0 Å². The summed E-state index contributed by atoms with van der Waals surface area (Å²) in [6.45, 7) is 3.52. The third kappa shape index (κ3) is 6.89. The Morgan fingerprint density at radius 3 is 2.56 bits per heavy atom. The van der Waals surface area contributed by atoms with Gasteiger partial charge in [-0.2, -0.15) is 12.6 Å². The van der Waals surface area contributed by atoms with E-state index in [1.807, 2.05) is 24.3 Å². The van der Waals surface area contributed by atoms with Crippen LogP contribution < -0.4 is 10.1 Å². The number of nitrogens with one attached hydrogen (secondary N) is 1. The minimum Gasteiger partial charge on any atom is -0.497 e. The van der Waals surface area contributed by atoms with Crippen LogP contribution in [0.1, 0.15) is 18.4 Å². The highest BCUT2D eigenvalue weighted by molar-refractivity contribution is 7.80. The predicted octanol–water partition coefficient (Wildman–Crippen LogP) is 2.51. The Balaban J connectivity index is 2.00. The summed E-state index contributed by atoms with van der Waals surface area (Å²) < 4.78 is 10.7. The lowest BCUT2D eigenvalue weighted by Crippen LogP contribution is -2.18. The molecule has 102 valence electrons. The van der Waals surface area contributed by atoms with Gasteiger partial charge in [-0.15, -0.1) is 0 Å². The van der Waals surface area contributed by atoms with Crippen LogP contribution in [0.15, 0.2) is 24.3 Å². The molecule has 0 unspecified atom stereocenters. The van der Waals surface area contributed by atoms with Crippen molar-refractivity contribution in [2.45, 2.75) is 19.4 Å². The molecule has 18 heavy (non-hydrogen) atoms. The van der Waals surface area contributed by atoms with Gasteiger partial charge in [0.25, 0.3) is 0 Å². The molecule has 0 fully saturated rings. The van der Waals surface area contributed by atoms with E-state index in [2.05, 4.69) is 17.9 Å². The molecule has 0 atom stereocenters. The van der Waals surface area contributed by atoms with Crippen LogP contribution in [-0.4, -0.2) is 32.6 Å². The third-order valence-electron chi connectivity index (χ3n) is 2.61. The van der Waals surface area contributed by atoms with E-state index in [1.54, 1.807) is 7.11 Å². The van der Waals surface area contributed by atoms with E-state index >= 15 is 0 Å². The van der Waals surface area contributed by atoms with Crippen molar-refractivity contribution < 1.29 is 9.47 Å². The zero-order chi connectivity index (χ0) is 13.1. The van der Waals surface area contributed by atoms with Gasteiger partial charge in [0.05, 0.1) is 13.7 Å². The van der Waals surface area contributed by atoms with Crippen LogP contribution in [-0.2, 0) is 11.3 Å². The van der Waals surface area contributed by atoms with Crippen molar-refractivity contribution in [2.24, 2.45) is 0 Å². The fourth-order valence-electron chi connectivity index (χ4n) is 1.57. The number of ether oxygens (including phenoxy) is 2. The lowest BCUT2D eigenvalue weighted by molar-refractivity contribution is 0.117. The average Bonchev–Trinajstić information content (AvgIpc) is 2.42. The molecule has 0 bridgehead atoms. The van der Waals surface area contributed by atoms with Crippen LogP contribution >= 0.6 is 12.6 Å². The van der Waals surface area contributed by atoms with Crippen molar-refractivity contribution in [3.63, 3.8) is 0 Å². The maximum Gasteiger partial charge on any atom is 0.118 e. The second-order valence-corrected chi connectivity index (χ2v) is 4.53. The molecule has 4 heteroatoms. The normalized spacial score (nSPS) is 10.6. The van der Waals surface area contributed by atoms with Crippen LogP contribution in [0.3, 0.4) is 0 Å². The maximum absolute atomic E-state index is 5.62. The first-order valence-electron chi connectivity index (χ1n) is 6.39. The lowest BCUT2D eigenvalue weighted by atomic mass is 10.2. The van der Waals surface area contributed by atoms with Gasteiger partial charge in [0.1, 0.15) is 5.75 Å². The van der Waals surface area contributed by atoms with Gasteiger partial charge in [0.2, 0.25) is 0 Å². The molecule has 0 aliphatic heterocycles. The smallest absolute Gasteiger partial charge is 0.118 e. The van der Waals surface area contributed by atoms with Gasteiger partial charge in [-0.3, -0.25) is 0 Å². The molecular formula is C14H23NO2S. The summed E-state index contributed by atoms with van der Waals surface area (Å²) in [4.78, 5) is 0. The third-order valence-corrected chi connectivity index (χ3v) is 2.83. The van der Waals surface area contributed by atoms with E-state index in [1.165, 1.54) is 5.56 Å². The van der Waals surface area contributed by atoms with E-state index in [4.69, 9.17) is 9.47 Å². The molecule has 1 aromatic carbocycles. The molecule has 1 aromatic rings. The quantitative estimate of drug-likeness (QED) is 0.505. The molecule has 0 spiro atoms. The number of methoxy groups -OCH3 is 1. The van der Waals surface area contributed by atoms with Crippen molar-refractivity contribution in [1.29, 1.82) is 0 Å². The van der Waals surface area contributed by atoms with Gasteiger partial charge in [-0.1, -0.05) is 12.1 Å². The number of hydrogen-bond acceptors (Lipinski definition) is 4. The second kappa shape index (κ2) is 10.2. The summed E-state index contributed by atoms with van der Waals surface area (Å²) in [5, 5.41) is 3.31. The lowest BCUT2D eigenvalue weighted by Gasteiger charge is -2.06. The zero-order valence-electron chi connectivity index (χ0n) is 11.0. The molecule has 0 aromatic heterocycles. The van der Waals surface area contributed by atoms with Crippen LogP contribution in [0, 0.1) is 0 Å². The molecule has 0 saturated heterocycles. The number of unbranched alkanes of at least 4 members (excludes halogenated alkanes) is 1. The number of thiol groups is 1. The molecule has 3 nitrogen and oxygen atoms in total. The van der Waals surface area contributed by atoms with Gasteiger partial charge < -0.3 is 14.8 Å². The van der Waals surface area contributed by atoms with Gasteiger partial charge >= 0.3 is 0 Å². The molecular weight excluding hydrogens is 246 g/mol. The molecule has 0 saturated carbocycles. The highest BCUT2D eigenvalue weighted by Crippen LogP contribution is 2.11. The summed E-state index contributed by atoms with van der Waals surface area (Å²) >= 11 is 4.14. The number of benzene rings is 1. The van der Waals surface area contributed by atoms with E-state index < -0.39 is 0 Å². The summed E-state index contributed by atoms with van der Waals surface area (Å²) in [5.41, 5.74) is 1.18. The van der Waals surface area contributed by atoms with Crippen molar-refractivity contribution in [3.8, 4) is 5.75 Å². The van der Waals surface area contributed by atoms with E-state index in [0.29, 0.717) is 6.61 Å². The predicted molar refractivity (Wildman–Crippen MR) is 78.6 cm³/mol. The largest absolute Gasteiger partial charge is 0.497 e. The fourth-order valence-corrected chi connectivity index (χ4v) is 1.73. The Kier molecular flexibility index (Phi) is 8.73. The van der Waals surface area contributed by atoms with E-state index in [9.17, 15) is 0 Å². The van der Waals surface area contributed by atoms with Crippen LogP contribution in [0.2, 0.25) is 0 Å². The Hall–Kier alpha value is -0.710. The van der Waals surface area contributed by atoms with E-state index in [-0.39, 0.29) is 0 Å². The minimum absolute atomic E-state index is 0.675. The molecule has 0 radical (unpaired) electrons. The first-order chi connectivity index (χ1) is 8.86. The van der Waals surface area contributed by atoms with Crippen molar-refractivity contribution in [3.05, 3.63) is 29.8 Å². The van der Waals surface area contributed by atoms with Gasteiger partial charge in [0, 0.05) is 18.9 Å². The Morgan fingerprint density at radius 1 is 1.11 bits per heavy atom. The maximum atomic E-state index is 5.62. The van der Waals surface area contributed by atoms with Crippen LogP contribution in [0.5, 0.6) is 5.75 Å². The number of hydrogen-bond donors (Lipinski definition) is 2. The Bertz CT molecular complexity index is 303. The highest BCUT2D eigenvalue weighted by atomic mass is 32.1. The Labute approximate surface area is 115 Å². The first-order valence-corrected chi connectivity index (χ1v) is 7.02. The highest BCUT2D eigenvalue weighted by Gasteiger charge is 1.95. The monoisotopic (exact) mass is 269 g/mol. The summed E-state index contributed by atoms with van der Waals surface area (Å²) in [6.07, 6.45) is 2.24. The zero-order valence-corrected chi connectivity index (χ0v) is 11.9. The molecule has 1 N–H and O–H groups in total. The van der Waals surface area contributed by atoms with Gasteiger partial charge in [-0.25, -0.2) is 0 Å².